The highest BCUT2D eigenvalue weighted by molar-refractivity contribution is 6.84. The van der Waals surface area contributed by atoms with Gasteiger partial charge < -0.3 is 22.4 Å². The van der Waals surface area contributed by atoms with Crippen LogP contribution in [0.5, 0.6) is 0 Å². The van der Waals surface area contributed by atoms with Gasteiger partial charge in [0.2, 0.25) is 0 Å². The maximum atomic E-state index is 13.9. The van der Waals surface area contributed by atoms with Crippen molar-refractivity contribution in [2.75, 3.05) is 13.2 Å². The molecule has 0 N–H and O–H groups in total. The molecule has 44 heavy (non-hydrogen) atoms. The number of benzene rings is 1. The molecule has 2 aromatic rings. The number of rotatable bonds is 9. The molecule has 2 aliphatic heterocycles. The molecule has 0 amide bonds. The summed E-state index contributed by atoms with van der Waals surface area (Å²) in [6.45, 7) is 17.2. The summed E-state index contributed by atoms with van der Waals surface area (Å²) in [6.07, 6.45) is -1.82. The van der Waals surface area contributed by atoms with E-state index in [0.29, 0.717) is 4.57 Å². The van der Waals surface area contributed by atoms with Crippen LogP contribution in [0.2, 0.25) is 22.2 Å². The fourth-order valence-corrected chi connectivity index (χ4v) is 17.6. The summed E-state index contributed by atoms with van der Waals surface area (Å²) in [4.78, 5) is 40.0. The fraction of sp³-hybridized carbons (Fsp3) is 0.613. The van der Waals surface area contributed by atoms with E-state index in [0.717, 1.165) is 6.07 Å². The molecule has 2 saturated heterocycles. The quantitative estimate of drug-likeness (QED) is 0.278. The Bertz CT molecular complexity index is 1450. The van der Waals surface area contributed by atoms with Crippen LogP contribution in [0.4, 0.5) is 0 Å². The average Bonchev–Trinajstić information content (AvgIpc) is 3.28. The Morgan fingerprint density at radius 3 is 2.16 bits per heavy atom. The molecule has 240 valence electrons. The standard InChI is InChI=1S/C31H45N3O8Si2/c1-20(2)43(21(3)4)39-19-25-27(41-44(42-43,22(5)6)23(7)8)28(38-18-12-16-32)30(40-25)33-17-15-26(35)34(31(33)37)29(36)24-13-10-9-11-14-24/h9-11,13-15,17,20-23,25,27-28,30H,12,18-19H2,1-8H3/t25-,27?,28+,30-/m1/s1. The molecule has 3 heterocycles. The highest BCUT2D eigenvalue weighted by Crippen LogP contribution is 2.48. The summed E-state index contributed by atoms with van der Waals surface area (Å²) in [5.41, 5.74) is -1.08. The lowest BCUT2D eigenvalue weighted by Crippen LogP contribution is -2.66. The zero-order chi connectivity index (χ0) is 32.4. The Labute approximate surface area is 261 Å². The van der Waals surface area contributed by atoms with E-state index >= 15 is 0 Å². The molecular formula is C31H45N3O8Si2. The van der Waals surface area contributed by atoms with Crippen LogP contribution in [0.3, 0.4) is 0 Å². The number of fused-ring (bicyclic) bond motifs is 1. The van der Waals surface area contributed by atoms with Crippen LogP contribution >= 0.6 is 0 Å². The maximum absolute atomic E-state index is 13.9. The number of aromatic nitrogens is 2. The van der Waals surface area contributed by atoms with Gasteiger partial charge in [-0.25, -0.2) is 4.79 Å². The van der Waals surface area contributed by atoms with Crippen molar-refractivity contribution >= 4 is 23.0 Å². The molecule has 0 radical (unpaired) electrons. The van der Waals surface area contributed by atoms with Gasteiger partial charge in [0.15, 0.2) is 6.23 Å². The van der Waals surface area contributed by atoms with Crippen LogP contribution in [-0.4, -0.2) is 63.7 Å². The van der Waals surface area contributed by atoms with Crippen LogP contribution in [0, 0.1) is 11.3 Å². The molecule has 0 aliphatic carbocycles. The Morgan fingerprint density at radius 1 is 0.977 bits per heavy atom. The zero-order valence-electron chi connectivity index (χ0n) is 26.9. The molecule has 1 aromatic carbocycles. The molecule has 2 fully saturated rings. The van der Waals surface area contributed by atoms with Gasteiger partial charge in [0.1, 0.15) is 18.3 Å². The summed E-state index contributed by atoms with van der Waals surface area (Å²) in [7, 11) is -5.93. The van der Waals surface area contributed by atoms with Crippen LogP contribution in [0.25, 0.3) is 0 Å². The van der Waals surface area contributed by atoms with Crippen molar-refractivity contribution in [3.8, 4) is 6.07 Å². The van der Waals surface area contributed by atoms with E-state index in [-0.39, 0.29) is 47.4 Å². The lowest BCUT2D eigenvalue weighted by atomic mass is 10.1. The predicted octanol–water partition coefficient (Wildman–Crippen LogP) is 4.85. The first kappa shape index (κ1) is 34.2. The first-order valence-electron chi connectivity index (χ1n) is 15.4. The van der Waals surface area contributed by atoms with Gasteiger partial charge in [-0.1, -0.05) is 73.6 Å². The lowest BCUT2D eigenvalue weighted by Gasteiger charge is -2.51. The van der Waals surface area contributed by atoms with E-state index < -0.39 is 58.8 Å². The third kappa shape index (κ3) is 6.21. The second-order valence-corrected chi connectivity index (χ2v) is 21.6. The summed E-state index contributed by atoms with van der Waals surface area (Å²) in [5, 5.41) is 9.26. The minimum atomic E-state index is -3.07. The minimum Gasteiger partial charge on any atom is -0.414 e. The van der Waals surface area contributed by atoms with Crippen molar-refractivity contribution in [3.63, 3.8) is 0 Å². The van der Waals surface area contributed by atoms with Crippen molar-refractivity contribution in [2.24, 2.45) is 0 Å². The third-order valence-corrected chi connectivity index (χ3v) is 18.9. The Kier molecular flexibility index (Phi) is 10.7. The summed E-state index contributed by atoms with van der Waals surface area (Å²) in [5.74, 6) is -0.746. The van der Waals surface area contributed by atoms with Gasteiger partial charge in [-0.3, -0.25) is 14.2 Å². The van der Waals surface area contributed by atoms with E-state index in [4.69, 9.17) is 22.4 Å². The van der Waals surface area contributed by atoms with E-state index in [1.807, 2.05) is 0 Å². The topological polar surface area (TPSA) is 131 Å². The SMILES string of the molecule is CC(C)[Si]1(C(C)C)OC[C@H]2O[C@@H](n3ccc(=O)n(C(=O)c4ccccc4)c3=O)[C@@H](OCCC#N)C2O[Si](C(C)C)(C(C)C)O1. The minimum absolute atomic E-state index is 0.0427. The molecule has 0 saturated carbocycles. The van der Waals surface area contributed by atoms with Crippen LogP contribution in [0.1, 0.15) is 78.4 Å². The van der Waals surface area contributed by atoms with E-state index in [1.165, 1.54) is 10.8 Å². The molecular weight excluding hydrogens is 599 g/mol. The molecule has 2 aliphatic rings. The van der Waals surface area contributed by atoms with Gasteiger partial charge >= 0.3 is 22.8 Å². The van der Waals surface area contributed by atoms with Crippen LogP contribution in [-0.2, 0) is 22.4 Å². The average molecular weight is 644 g/mol. The van der Waals surface area contributed by atoms with Gasteiger partial charge in [-0.15, -0.1) is 0 Å². The van der Waals surface area contributed by atoms with Crippen molar-refractivity contribution in [2.45, 2.75) is 109 Å². The van der Waals surface area contributed by atoms with Gasteiger partial charge in [0.25, 0.3) is 11.5 Å². The predicted molar refractivity (Wildman–Crippen MR) is 169 cm³/mol. The van der Waals surface area contributed by atoms with Crippen molar-refractivity contribution in [1.29, 1.82) is 5.26 Å². The van der Waals surface area contributed by atoms with E-state index in [2.05, 4.69) is 61.5 Å². The van der Waals surface area contributed by atoms with Crippen molar-refractivity contribution in [3.05, 3.63) is 69.0 Å². The first-order valence-corrected chi connectivity index (χ1v) is 19.3. The largest absolute Gasteiger partial charge is 0.414 e. The summed E-state index contributed by atoms with van der Waals surface area (Å²) < 4.78 is 35.9. The molecule has 1 aromatic heterocycles. The molecule has 0 spiro atoms. The van der Waals surface area contributed by atoms with Gasteiger partial charge in [-0.05, 0) is 34.3 Å². The first-order chi connectivity index (χ1) is 20.8. The van der Waals surface area contributed by atoms with Crippen LogP contribution in [0.15, 0.2) is 52.2 Å². The third-order valence-electron chi connectivity index (χ3n) is 8.65. The molecule has 4 atom stereocenters. The highest BCUT2D eigenvalue weighted by Gasteiger charge is 2.62. The monoisotopic (exact) mass is 643 g/mol. The van der Waals surface area contributed by atoms with Gasteiger partial charge in [0, 0.05) is 17.8 Å². The number of ether oxygens (including phenoxy) is 2. The summed E-state index contributed by atoms with van der Waals surface area (Å²) in [6, 6.07) is 11.4. The number of carbonyl (C=O) groups is 1. The molecule has 4 rings (SSSR count). The Balaban J connectivity index is 1.85. The van der Waals surface area contributed by atoms with E-state index in [1.54, 1.807) is 30.3 Å². The van der Waals surface area contributed by atoms with Gasteiger partial charge in [-0.2, -0.15) is 9.83 Å². The molecule has 0 bridgehead atoms. The number of carbonyl (C=O) groups excluding carboxylic acids is 1. The normalized spacial score (nSPS) is 24.7. The van der Waals surface area contributed by atoms with Gasteiger partial charge in [0.05, 0.1) is 25.7 Å². The number of nitriles is 1. The lowest BCUT2D eigenvalue weighted by molar-refractivity contribution is -0.0725. The Morgan fingerprint density at radius 2 is 1.59 bits per heavy atom. The number of hydrogen-bond acceptors (Lipinski definition) is 9. The smallest absolute Gasteiger partial charge is 0.340 e. The van der Waals surface area contributed by atoms with Crippen LogP contribution < -0.4 is 11.2 Å². The van der Waals surface area contributed by atoms with Crippen molar-refractivity contribution in [1.82, 2.24) is 9.13 Å². The zero-order valence-corrected chi connectivity index (χ0v) is 28.9. The number of hydrogen-bond donors (Lipinski definition) is 0. The number of nitrogens with zero attached hydrogens (tertiary/aromatic N) is 3. The highest BCUT2D eigenvalue weighted by atomic mass is 28.5. The maximum Gasteiger partial charge on any atom is 0.340 e. The summed E-state index contributed by atoms with van der Waals surface area (Å²) >= 11 is 0. The molecule has 11 nitrogen and oxygen atoms in total. The second-order valence-electron chi connectivity index (χ2n) is 12.7. The van der Waals surface area contributed by atoms with E-state index in [9.17, 15) is 19.6 Å². The van der Waals surface area contributed by atoms with Crippen molar-refractivity contribution < 1.29 is 27.2 Å². The second kappa shape index (κ2) is 13.7. The Hall–Kier alpha value is -2.71. The molecule has 1 unspecified atom stereocenters. The molecule has 13 heteroatoms. The fourth-order valence-electron chi connectivity index (χ4n) is 6.35.